The summed E-state index contributed by atoms with van der Waals surface area (Å²) in [4.78, 5) is 0. The van der Waals surface area contributed by atoms with Gasteiger partial charge in [0.05, 0.1) is 47.8 Å². The summed E-state index contributed by atoms with van der Waals surface area (Å²) < 4.78 is 0. The van der Waals surface area contributed by atoms with Gasteiger partial charge in [-0.3, -0.25) is 0 Å². The van der Waals surface area contributed by atoms with Crippen molar-refractivity contribution in [1.82, 2.24) is 0 Å². The van der Waals surface area contributed by atoms with E-state index in [4.69, 9.17) is 51.1 Å². The van der Waals surface area contributed by atoms with Crippen LogP contribution in [0.1, 0.15) is 251 Å². The van der Waals surface area contributed by atoms with Crippen molar-refractivity contribution in [3.05, 3.63) is 0 Å². The molecule has 0 aromatic rings. The van der Waals surface area contributed by atoms with Crippen LogP contribution in [-0.4, -0.2) is 112 Å². The highest BCUT2D eigenvalue weighted by molar-refractivity contribution is 4.73. The van der Waals surface area contributed by atoms with Gasteiger partial charge in [-0.25, -0.2) is 0 Å². The van der Waals surface area contributed by atoms with Crippen LogP contribution < -0.4 is 0 Å². The Morgan fingerprint density at radius 1 is 0.371 bits per heavy atom. The van der Waals surface area contributed by atoms with Gasteiger partial charge in [-0.05, 0) is 124 Å². The largest absolute Gasteiger partial charge is 0.396 e. The Balaban J connectivity index is -0.0000000311. The van der Waals surface area contributed by atoms with Crippen LogP contribution in [0.3, 0.4) is 0 Å². The number of hydrogen-bond acceptors (Lipinski definition) is 10. The third-order valence-electron chi connectivity index (χ3n) is 7.95. The second-order valence-corrected chi connectivity index (χ2v) is 21.0. The third kappa shape index (κ3) is 137. The molecule has 0 bridgehead atoms. The molecule has 0 aromatic carbocycles. The first-order chi connectivity index (χ1) is 23.8. The minimum Gasteiger partial charge on any atom is -0.396 e. The van der Waals surface area contributed by atoms with Gasteiger partial charge in [-0.2, -0.15) is 0 Å². The Morgan fingerprint density at radius 3 is 0.548 bits per heavy atom. The molecule has 0 saturated carbocycles. The molecule has 402 valence electrons. The highest BCUT2D eigenvalue weighted by Gasteiger charge is 2.22. The molecule has 2 unspecified atom stereocenters. The van der Waals surface area contributed by atoms with Crippen molar-refractivity contribution in [3.8, 4) is 0 Å². The normalized spacial score (nSPS) is 11.7. The van der Waals surface area contributed by atoms with Gasteiger partial charge in [-0.15, -0.1) is 0 Å². The van der Waals surface area contributed by atoms with E-state index >= 15 is 0 Å². The highest BCUT2D eigenvalue weighted by Crippen LogP contribution is 2.28. The maximum absolute atomic E-state index is 9.12. The van der Waals surface area contributed by atoms with Crippen molar-refractivity contribution in [2.45, 2.75) is 285 Å². The van der Waals surface area contributed by atoms with E-state index in [1.165, 1.54) is 0 Å². The summed E-state index contributed by atoms with van der Waals surface area (Å²) in [6.07, 6.45) is 2.60. The molecule has 0 fully saturated rings. The van der Waals surface area contributed by atoms with Gasteiger partial charge < -0.3 is 51.1 Å². The summed E-state index contributed by atoms with van der Waals surface area (Å²) in [5, 5.41) is 87.5. The number of rotatable bonds is 11. The zero-order chi connectivity index (χ0) is 47.0. The monoisotopic (exact) mass is 919 g/mol. The van der Waals surface area contributed by atoms with E-state index in [0.717, 1.165) is 25.7 Å². The Labute approximate surface area is 395 Å². The fourth-order valence-electron chi connectivity index (χ4n) is 1.73. The molecule has 0 aliphatic rings. The SMILES string of the molecule is C.C.C.C.C.C.C.CC(C)(C)CO.CC(C)(CO)CO.CC(C)C(C)(C)O.CC(C)C(C)(C)O.CC(C)CO.CC(O)CC(C)(C)CC(C)O.CCC(C)(C)O.CCC(C)(C)O. The van der Waals surface area contributed by atoms with Crippen molar-refractivity contribution in [2.24, 2.45) is 34.0 Å². The molecule has 0 amide bonds. The zero-order valence-corrected chi connectivity index (χ0v) is 41.5. The quantitative estimate of drug-likeness (QED) is 0.0950. The zero-order valence-electron chi connectivity index (χ0n) is 41.5. The molecule has 10 N–H and O–H groups in total. The summed E-state index contributed by atoms with van der Waals surface area (Å²) in [6, 6.07) is 0. The van der Waals surface area contributed by atoms with E-state index in [2.05, 4.69) is 13.8 Å². The predicted octanol–water partition coefficient (Wildman–Crippen LogP) is 12.8. The molecule has 0 aliphatic carbocycles. The molecule has 0 saturated heterocycles. The topological polar surface area (TPSA) is 202 Å². The van der Waals surface area contributed by atoms with Gasteiger partial charge in [0.1, 0.15) is 0 Å². The van der Waals surface area contributed by atoms with Crippen LogP contribution in [0.25, 0.3) is 0 Å². The average Bonchev–Trinajstić information content (AvgIpc) is 2.96. The molecule has 0 heterocycles. The lowest BCUT2D eigenvalue weighted by atomic mass is 9.82. The Hall–Kier alpha value is -0.400. The maximum Gasteiger partial charge on any atom is 0.0614 e. The average molecular weight is 920 g/mol. The van der Waals surface area contributed by atoms with E-state index < -0.39 is 22.4 Å². The number of aliphatic hydroxyl groups is 10. The third-order valence-corrected chi connectivity index (χ3v) is 7.95. The standard InChI is InChI=1S/C9H20O2.2C6H14O.C5H12O2.3C5H12O.C4H10O.7CH4/c1-7(10)5-9(3,4)6-8(2)11;2*1-5(2)6(3,4)7;1-5(2,3-6)4-7;1-5(2,3)4-6;2*1-4-5(2,3)6;1-4(2)3-5;;;;;;;/h7-8,10-11H,5-6H2,1-4H3;2*5,7H,1-4H3;6-7H,3-4H2,1-2H3;3*6H,4H2,1-3H3;4-5H,3H2,1-2H3;7*1H4. The lowest BCUT2D eigenvalue weighted by Crippen LogP contribution is -2.25. The van der Waals surface area contributed by atoms with Crippen molar-refractivity contribution in [2.75, 3.05) is 26.4 Å². The van der Waals surface area contributed by atoms with E-state index in [0.29, 0.717) is 24.4 Å². The molecule has 0 rings (SSSR count). The van der Waals surface area contributed by atoms with Gasteiger partial charge in [0.25, 0.3) is 0 Å². The van der Waals surface area contributed by atoms with Gasteiger partial charge in [0, 0.05) is 18.6 Å². The smallest absolute Gasteiger partial charge is 0.0614 e. The van der Waals surface area contributed by atoms with Crippen LogP contribution in [0.15, 0.2) is 0 Å². The number of aliphatic hydroxyl groups excluding tert-OH is 6. The van der Waals surface area contributed by atoms with Crippen molar-refractivity contribution >= 4 is 0 Å². The second kappa shape index (κ2) is 51.6. The molecule has 0 aliphatic heterocycles. The van der Waals surface area contributed by atoms with E-state index in [-0.39, 0.29) is 100 Å². The molecular formula is C52H134O10. The summed E-state index contributed by atoms with van der Waals surface area (Å²) in [5.74, 6) is 1.15. The fourth-order valence-corrected chi connectivity index (χ4v) is 1.73. The van der Waals surface area contributed by atoms with Crippen molar-refractivity contribution in [1.29, 1.82) is 0 Å². The van der Waals surface area contributed by atoms with Crippen molar-refractivity contribution in [3.63, 3.8) is 0 Å². The van der Waals surface area contributed by atoms with Gasteiger partial charge in [-0.1, -0.05) is 156 Å². The number of hydrogen-bond donors (Lipinski definition) is 10. The van der Waals surface area contributed by atoms with Crippen LogP contribution in [0.4, 0.5) is 0 Å². The minimum absolute atomic E-state index is 0. The molecule has 0 aromatic heterocycles. The lowest BCUT2D eigenvalue weighted by Gasteiger charge is -2.27. The lowest BCUT2D eigenvalue weighted by molar-refractivity contribution is 0.0323. The summed E-state index contributed by atoms with van der Waals surface area (Å²) >= 11 is 0. The van der Waals surface area contributed by atoms with Crippen molar-refractivity contribution < 1.29 is 51.1 Å². The molecule has 10 heteroatoms. The van der Waals surface area contributed by atoms with Crippen LogP contribution in [0.5, 0.6) is 0 Å². The van der Waals surface area contributed by atoms with Gasteiger partial charge >= 0.3 is 0 Å². The first kappa shape index (κ1) is 104. The molecule has 0 spiro atoms. The molecule has 62 heavy (non-hydrogen) atoms. The van der Waals surface area contributed by atoms with Crippen LogP contribution in [0, 0.1) is 34.0 Å². The molecular weight excluding hydrogens is 785 g/mol. The predicted molar refractivity (Wildman–Crippen MR) is 285 cm³/mol. The summed E-state index contributed by atoms with van der Waals surface area (Å²) in [5.41, 5.74) is -2.08. The summed E-state index contributed by atoms with van der Waals surface area (Å²) in [7, 11) is 0. The Kier molecular flexibility index (Phi) is 86.7. The molecule has 0 radical (unpaired) electrons. The van der Waals surface area contributed by atoms with Gasteiger partial charge in [0.2, 0.25) is 0 Å². The first-order valence-electron chi connectivity index (χ1n) is 20.5. The second-order valence-electron chi connectivity index (χ2n) is 21.0. The summed E-state index contributed by atoms with van der Waals surface area (Å²) in [6.45, 7) is 48.3. The van der Waals surface area contributed by atoms with E-state index in [9.17, 15) is 0 Å². The van der Waals surface area contributed by atoms with Gasteiger partial charge in [0.15, 0.2) is 0 Å². The van der Waals surface area contributed by atoms with Crippen LogP contribution >= 0.6 is 0 Å². The van der Waals surface area contributed by atoms with Crippen LogP contribution in [0.2, 0.25) is 0 Å². The molecule has 10 nitrogen and oxygen atoms in total. The fraction of sp³-hybridized carbons (Fsp3) is 1.00. The molecule has 2 atom stereocenters. The maximum atomic E-state index is 9.12. The van der Waals surface area contributed by atoms with Crippen LogP contribution in [-0.2, 0) is 0 Å². The highest BCUT2D eigenvalue weighted by atomic mass is 16.3. The Bertz CT molecular complexity index is 683. The first-order valence-corrected chi connectivity index (χ1v) is 20.5. The van der Waals surface area contributed by atoms with E-state index in [1.807, 2.05) is 104 Å². The Morgan fingerprint density at radius 2 is 0.516 bits per heavy atom. The van der Waals surface area contributed by atoms with E-state index in [1.54, 1.807) is 55.4 Å². The minimum atomic E-state index is -0.500.